The number of hydrogen-bond donors (Lipinski definition) is 4. The van der Waals surface area contributed by atoms with E-state index >= 15 is 4.79 Å². The molecule has 2 amide bonds. The highest BCUT2D eigenvalue weighted by Gasteiger charge is 2.83. The largest absolute Gasteiger partial charge is 0.497 e. The Morgan fingerprint density at radius 2 is 1.04 bits per heavy atom. The fourth-order valence-corrected chi connectivity index (χ4v) is 24.1. The van der Waals surface area contributed by atoms with Crippen molar-refractivity contribution in [3.05, 3.63) is 143 Å². The first kappa shape index (κ1) is 97.7. The lowest BCUT2D eigenvalue weighted by Crippen LogP contribution is -2.80. The maximum absolute atomic E-state index is 15.3. The van der Waals surface area contributed by atoms with Gasteiger partial charge in [-0.3, -0.25) is 14.5 Å². The summed E-state index contributed by atoms with van der Waals surface area (Å²) in [6.45, 7) is 47.1. The average Bonchev–Trinajstić information content (AvgIpc) is 1.53. The second-order valence-corrected chi connectivity index (χ2v) is 41.3. The van der Waals surface area contributed by atoms with Crippen LogP contribution in [0.25, 0.3) is 0 Å². The number of aliphatic hydroxyl groups is 3. The summed E-state index contributed by atoms with van der Waals surface area (Å²) < 4.78 is 108. The second kappa shape index (κ2) is 35.9. The van der Waals surface area contributed by atoms with Crippen molar-refractivity contribution in [1.82, 2.24) is 10.2 Å². The topological polar surface area (TPSA) is 369 Å². The first-order valence-corrected chi connectivity index (χ1v) is 45.1. The molecule has 0 radical (unpaired) electrons. The minimum atomic E-state index is -1.79. The number of amides is 2. The van der Waals surface area contributed by atoms with E-state index in [9.17, 15) is 48.9 Å². The van der Waals surface area contributed by atoms with Crippen molar-refractivity contribution in [2.24, 2.45) is 57.2 Å². The van der Waals surface area contributed by atoms with Crippen molar-refractivity contribution in [1.29, 1.82) is 0 Å². The molecule has 14 rings (SSSR count). The van der Waals surface area contributed by atoms with Crippen LogP contribution in [0, 0.1) is 57.2 Å². The highest BCUT2D eigenvalue weighted by molar-refractivity contribution is 5.90. The van der Waals surface area contributed by atoms with Gasteiger partial charge in [0.15, 0.2) is 42.2 Å². The number of methoxy groups -OCH3 is 2. The number of fused-ring (bicyclic) bond motifs is 6. The number of carbonyl (C=O) groups is 8. The fraction of sp³-hybridized carbons (Fsp3) is 0.657. The molecule has 129 heavy (non-hydrogen) atoms. The zero-order valence-corrected chi connectivity index (χ0v) is 79.0. The number of benzene rings is 3. The van der Waals surface area contributed by atoms with Gasteiger partial charge in [0.25, 0.3) is 0 Å². The molecule has 5 saturated heterocycles. The van der Waals surface area contributed by atoms with Gasteiger partial charge >= 0.3 is 48.0 Å². The summed E-state index contributed by atoms with van der Waals surface area (Å²) in [4.78, 5) is 114. The van der Waals surface area contributed by atoms with Crippen LogP contribution in [0.5, 0.6) is 11.5 Å². The van der Waals surface area contributed by atoms with Crippen molar-refractivity contribution in [2.75, 3.05) is 27.4 Å². The van der Waals surface area contributed by atoms with Crippen LogP contribution in [0.2, 0.25) is 0 Å². The van der Waals surface area contributed by atoms with E-state index in [1.807, 2.05) is 62.3 Å². The van der Waals surface area contributed by atoms with Crippen LogP contribution in [-0.4, -0.2) is 227 Å². The van der Waals surface area contributed by atoms with Crippen LogP contribution in [0.4, 0.5) is 9.59 Å². The van der Waals surface area contributed by atoms with E-state index in [4.69, 9.17) is 80.5 Å². The number of alkyl carbamates (subject to hydrolysis) is 1. The van der Waals surface area contributed by atoms with Gasteiger partial charge in [0.2, 0.25) is 0 Å². The van der Waals surface area contributed by atoms with Crippen LogP contribution >= 0.6 is 0 Å². The first-order valence-electron chi connectivity index (χ1n) is 45.1. The molecule has 5 aliphatic heterocycles. The summed E-state index contributed by atoms with van der Waals surface area (Å²) in [7, 11) is 3.03. The smallest absolute Gasteiger partial charge is 0.413 e. The normalized spacial score (nSPS) is 35.8. The molecule has 30 heteroatoms. The average molecular weight is 1800 g/mol. The minimum absolute atomic E-state index is 0.0118. The molecule has 3 aromatic carbocycles. The molecule has 3 aromatic rings. The van der Waals surface area contributed by atoms with Gasteiger partial charge in [-0.15, -0.1) is 0 Å². The lowest BCUT2D eigenvalue weighted by molar-refractivity contribution is -0.391. The fourth-order valence-electron chi connectivity index (χ4n) is 24.1. The van der Waals surface area contributed by atoms with Gasteiger partial charge < -0.3 is 101 Å². The Kier molecular flexibility index (Phi) is 27.2. The molecule has 27 atom stereocenters. The maximum Gasteiger partial charge on any atom is 0.413 e. The predicted octanol–water partition coefficient (Wildman–Crippen LogP) is 13.6. The molecule has 0 spiro atoms. The number of rotatable bonds is 23. The van der Waals surface area contributed by atoms with E-state index in [1.165, 1.54) is 33.0 Å². The van der Waals surface area contributed by atoms with Gasteiger partial charge in [-0.25, -0.2) is 28.8 Å². The summed E-state index contributed by atoms with van der Waals surface area (Å²) in [6.07, 6.45) is -11.6. The van der Waals surface area contributed by atoms with Gasteiger partial charge in [-0.2, -0.15) is 0 Å². The van der Waals surface area contributed by atoms with Crippen LogP contribution in [0.3, 0.4) is 0 Å². The number of nitrogens with one attached hydrogen (secondary N) is 1. The van der Waals surface area contributed by atoms with Gasteiger partial charge in [-0.05, 0) is 179 Å². The molecule has 0 aromatic heterocycles. The quantitative estimate of drug-likeness (QED) is 0.0389. The molecule has 708 valence electrons. The monoisotopic (exact) mass is 1800 g/mol. The van der Waals surface area contributed by atoms with Crippen molar-refractivity contribution < 1.29 is 134 Å². The zero-order chi connectivity index (χ0) is 94.7. The predicted molar refractivity (Wildman–Crippen MR) is 467 cm³/mol. The third-order valence-electron chi connectivity index (χ3n) is 29.1. The standard InChI is InChI=1S/C54H71NO15.C45H63NO13/c1-15-40-65-38-25-39-54(27-63-39,69-31(6)56)43-45(68-47(57)32-19-17-16-18-20-32)53(51(10,11)60)26-37(29(4)41(53)30(5)44(66-40)52(38,43)12)64-48(58)42-35(23-28(2)3)55(49(59)70-50(7,8)9)46(67-42)34-22-21-33(61-13)24-36(34)62-14;1-13-32-55-30-20-31-45(22-53-31,58-26(6)47)35-37(57-38(49)27-17-15-14-16-18-27)44(42(10,11)52)21-29(24(4)33(44)25(5)36(56-32)43(30,35)12)54-39(50)34(48)28(19-23(2)3)46-40(51)59-41(7,8)9/h15-22,24,28,30,35,37-40,42-46,60H,1,23,25-27H2,2-14H3;13-18,23,25,28-32,34-37,48,52H,1,19-22H2,2-12H3,(H,46,51)/t30-,35?,37-,38-,39?,40?,42+,43-,44-,45-,46?,52+,53-,54-;25-,28-,29-,30-,31?,32?,34+,35-,36-,37-,43+,44-,45-/m00/s1. The Balaban J connectivity index is 0.000000224. The van der Waals surface area contributed by atoms with Crippen molar-refractivity contribution >= 4 is 48.0 Å². The molecule has 11 aliphatic rings. The Bertz CT molecular complexity index is 4810. The number of nitrogens with zero attached hydrogens (tertiary/aromatic N) is 1. The zero-order valence-electron chi connectivity index (χ0n) is 79.0. The van der Waals surface area contributed by atoms with E-state index < -0.39 is 231 Å². The van der Waals surface area contributed by atoms with Crippen molar-refractivity contribution in [3.63, 3.8) is 0 Å². The van der Waals surface area contributed by atoms with E-state index in [-0.39, 0.29) is 55.4 Å². The summed E-state index contributed by atoms with van der Waals surface area (Å²) >= 11 is 0. The van der Waals surface area contributed by atoms with Gasteiger partial charge in [0.05, 0.1) is 109 Å². The molecule has 6 unspecified atom stereocenters. The Labute approximate surface area is 756 Å². The van der Waals surface area contributed by atoms with Gasteiger partial charge in [-0.1, -0.05) is 105 Å². The minimum Gasteiger partial charge on any atom is -0.497 e. The van der Waals surface area contributed by atoms with Gasteiger partial charge in [0, 0.05) is 73.8 Å². The molecule has 6 aliphatic carbocycles. The number of carbonyl (C=O) groups excluding carboxylic acids is 8. The number of aliphatic hydroxyl groups excluding tert-OH is 1. The molecular weight excluding hydrogens is 1670 g/mol. The van der Waals surface area contributed by atoms with E-state index in [1.54, 1.807) is 167 Å². The summed E-state index contributed by atoms with van der Waals surface area (Å²) in [6, 6.07) is 20.2. The Morgan fingerprint density at radius 3 is 1.42 bits per heavy atom. The van der Waals surface area contributed by atoms with Crippen molar-refractivity contribution in [2.45, 2.75) is 329 Å². The number of ether oxygens (including phenoxy) is 17. The molecule has 9 fully saturated rings. The molecule has 30 nitrogen and oxygen atoms in total. The van der Waals surface area contributed by atoms with E-state index in [0.29, 0.717) is 58.6 Å². The summed E-state index contributed by atoms with van der Waals surface area (Å²) in [5, 5.41) is 40.1. The van der Waals surface area contributed by atoms with Crippen LogP contribution in [0.1, 0.15) is 223 Å². The number of hydrogen-bond acceptors (Lipinski definition) is 28. The number of esters is 6. The van der Waals surface area contributed by atoms with E-state index in [2.05, 4.69) is 18.5 Å². The van der Waals surface area contributed by atoms with E-state index in [0.717, 1.165) is 0 Å². The summed E-state index contributed by atoms with van der Waals surface area (Å²) in [5.74, 6) is -6.28. The first-order chi connectivity index (χ1) is 60.3. The van der Waals surface area contributed by atoms with Crippen LogP contribution < -0.4 is 14.8 Å². The van der Waals surface area contributed by atoms with Gasteiger partial charge in [0.1, 0.15) is 59.3 Å². The maximum atomic E-state index is 15.3. The third kappa shape index (κ3) is 17.2. The SMILES string of the molecule is C=CC1O[C@H]2CC3OC[C@@]3(OC(C)=O)[C@H]3[C@H](OC(=O)c4ccccc4)[C@]4(C(C)(C)O)C[C@H](OC(=O)[C@@H]5OC(c6ccc(OC)cc6OC)N(C(=O)OC(C)(C)C)C5CC(C)C)C(C)=C4[C@H](C)[C@H](O1)[C@]23C.C=CC1O[C@H]2CC3OC[C@@]3(OC(C)=O)[C@H]3[C@H](OC(=O)c4ccccc4)[C@]4(C(C)(C)O)C[C@H](OC(=O)[C@H](O)[C@H](CC(C)C)NC(=O)OC(C)(C)C)C(C)=C4[C@H](C)[C@H](O1)[C@]23C. The van der Waals surface area contributed by atoms with Crippen LogP contribution in [0.15, 0.2) is 126 Å². The molecule has 0 bridgehead atoms. The van der Waals surface area contributed by atoms with Crippen LogP contribution in [-0.2, 0) is 90.2 Å². The molecule has 5 heterocycles. The summed E-state index contributed by atoms with van der Waals surface area (Å²) in [5.41, 5.74) is -9.46. The molecule has 4 saturated carbocycles. The molecular formula is C99H134N2O28. The second-order valence-electron chi connectivity index (χ2n) is 41.3. The highest BCUT2D eigenvalue weighted by atomic mass is 16.7. The Morgan fingerprint density at radius 1 is 0.589 bits per heavy atom. The third-order valence-corrected chi connectivity index (χ3v) is 29.1. The highest BCUT2D eigenvalue weighted by Crippen LogP contribution is 2.74. The lowest BCUT2D eigenvalue weighted by atomic mass is 9.49. The lowest BCUT2D eigenvalue weighted by Gasteiger charge is -2.67. The van der Waals surface area contributed by atoms with Crippen molar-refractivity contribution in [3.8, 4) is 11.5 Å². The Hall–Kier alpha value is -8.82. The molecule has 4 N–H and O–H groups in total.